The van der Waals surface area contributed by atoms with Crippen LogP contribution in [0.3, 0.4) is 0 Å². The Bertz CT molecular complexity index is 225. The summed E-state index contributed by atoms with van der Waals surface area (Å²) in [7, 11) is 1.66. The predicted molar refractivity (Wildman–Crippen MR) is 56.0 cm³/mol. The zero-order valence-electron chi connectivity index (χ0n) is 9.08. The first kappa shape index (κ1) is 11.2. The first-order valence-electron chi connectivity index (χ1n) is 5.11. The van der Waals surface area contributed by atoms with Gasteiger partial charge in [-0.3, -0.25) is 9.69 Å². The van der Waals surface area contributed by atoms with E-state index in [0.717, 1.165) is 25.3 Å². The lowest BCUT2D eigenvalue weighted by Gasteiger charge is -2.24. The molecule has 1 fully saturated rings. The molecule has 14 heavy (non-hydrogen) atoms. The van der Waals surface area contributed by atoms with Crippen LogP contribution in [0.4, 0.5) is 0 Å². The minimum Gasteiger partial charge on any atom is -0.500 e. The van der Waals surface area contributed by atoms with Gasteiger partial charge >= 0.3 is 0 Å². The molecule has 1 heterocycles. The van der Waals surface area contributed by atoms with Crippen LogP contribution >= 0.6 is 0 Å². The van der Waals surface area contributed by atoms with E-state index in [0.29, 0.717) is 12.5 Å². The van der Waals surface area contributed by atoms with Crippen LogP contribution in [0, 0.1) is 0 Å². The second-order valence-corrected chi connectivity index (χ2v) is 3.82. The maximum atomic E-state index is 10.9. The van der Waals surface area contributed by atoms with Crippen LogP contribution in [0.25, 0.3) is 0 Å². The van der Waals surface area contributed by atoms with Crippen molar-refractivity contribution in [1.29, 1.82) is 0 Å². The molecule has 3 nitrogen and oxygen atoms in total. The van der Waals surface area contributed by atoms with Crippen molar-refractivity contribution in [3.63, 3.8) is 0 Å². The third-order valence-corrected chi connectivity index (χ3v) is 2.75. The monoisotopic (exact) mass is 197 g/mol. The highest BCUT2D eigenvalue weighted by atomic mass is 16.5. The summed E-state index contributed by atoms with van der Waals surface area (Å²) in [5.74, 6) is 1.07. The minimum atomic E-state index is 0.249. The van der Waals surface area contributed by atoms with Gasteiger partial charge in [0.15, 0.2) is 0 Å². The number of rotatable bonds is 5. The van der Waals surface area contributed by atoms with Crippen LogP contribution in [0.5, 0.6) is 0 Å². The van der Waals surface area contributed by atoms with Gasteiger partial charge in [0.05, 0.1) is 13.2 Å². The first-order valence-corrected chi connectivity index (χ1v) is 5.11. The smallest absolute Gasteiger partial charge is 0.131 e. The molecule has 1 rings (SSSR count). The summed E-state index contributed by atoms with van der Waals surface area (Å²) in [6, 6.07) is 0.319. The van der Waals surface area contributed by atoms with Crippen molar-refractivity contribution in [2.75, 3.05) is 20.2 Å². The normalized spacial score (nSPS) is 22.3. The van der Waals surface area contributed by atoms with Gasteiger partial charge in [0.1, 0.15) is 11.5 Å². The van der Waals surface area contributed by atoms with E-state index in [1.165, 1.54) is 6.42 Å². The molecule has 0 radical (unpaired) electrons. The Morgan fingerprint density at radius 2 is 2.36 bits per heavy atom. The Balaban J connectivity index is 2.42. The zero-order chi connectivity index (χ0) is 10.6. The number of likely N-dealkylation sites (tertiary alicyclic amines) is 1. The Hall–Kier alpha value is -0.830. The molecule has 0 aromatic carbocycles. The average Bonchev–Trinajstić information content (AvgIpc) is 2.61. The lowest BCUT2D eigenvalue weighted by atomic mass is 10.2. The second-order valence-electron chi connectivity index (χ2n) is 3.82. The van der Waals surface area contributed by atoms with Gasteiger partial charge in [-0.1, -0.05) is 6.58 Å². The van der Waals surface area contributed by atoms with Crippen molar-refractivity contribution in [3.8, 4) is 0 Å². The van der Waals surface area contributed by atoms with E-state index in [1.54, 1.807) is 14.0 Å². The standard InChI is InChI=1S/C11H19NO2/c1-9(13)6-8-12-7-4-5-11(12)10(2)14-3/h11H,2,4-8H2,1,3H3/t11-/m0/s1. The Morgan fingerprint density at radius 3 is 2.93 bits per heavy atom. The van der Waals surface area contributed by atoms with Crippen molar-refractivity contribution in [3.05, 3.63) is 12.3 Å². The maximum Gasteiger partial charge on any atom is 0.131 e. The van der Waals surface area contributed by atoms with E-state index in [9.17, 15) is 4.79 Å². The fraction of sp³-hybridized carbons (Fsp3) is 0.727. The van der Waals surface area contributed by atoms with E-state index >= 15 is 0 Å². The van der Waals surface area contributed by atoms with E-state index in [2.05, 4.69) is 11.5 Å². The molecule has 0 N–H and O–H groups in total. The molecule has 80 valence electrons. The number of ether oxygens (including phenoxy) is 1. The van der Waals surface area contributed by atoms with Gasteiger partial charge in [0.2, 0.25) is 0 Å². The van der Waals surface area contributed by atoms with Crippen molar-refractivity contribution in [2.24, 2.45) is 0 Å². The Kier molecular flexibility index (Phi) is 4.14. The highest BCUT2D eigenvalue weighted by Gasteiger charge is 2.27. The van der Waals surface area contributed by atoms with Gasteiger partial charge in [-0.15, -0.1) is 0 Å². The molecule has 1 aliphatic heterocycles. The number of hydrogen-bond donors (Lipinski definition) is 0. The number of nitrogens with zero attached hydrogens (tertiary/aromatic N) is 1. The quantitative estimate of drug-likeness (QED) is 0.627. The van der Waals surface area contributed by atoms with Crippen LogP contribution in [0.2, 0.25) is 0 Å². The fourth-order valence-corrected chi connectivity index (χ4v) is 1.90. The molecule has 3 heteroatoms. The average molecular weight is 197 g/mol. The molecule has 0 bridgehead atoms. The summed E-state index contributed by atoms with van der Waals surface area (Å²) in [5.41, 5.74) is 0. The van der Waals surface area contributed by atoms with Gasteiger partial charge in [-0.2, -0.15) is 0 Å². The number of Topliss-reactive ketones (excluding diaryl/α,β-unsaturated/α-hetero) is 1. The molecule has 0 unspecified atom stereocenters. The Morgan fingerprint density at radius 1 is 1.64 bits per heavy atom. The topological polar surface area (TPSA) is 29.5 Å². The van der Waals surface area contributed by atoms with Crippen LogP contribution in [0.15, 0.2) is 12.3 Å². The van der Waals surface area contributed by atoms with Gasteiger partial charge in [-0.05, 0) is 26.3 Å². The first-order chi connectivity index (χ1) is 6.65. The van der Waals surface area contributed by atoms with Crippen molar-refractivity contribution in [1.82, 2.24) is 4.90 Å². The molecule has 0 aliphatic carbocycles. The third kappa shape index (κ3) is 2.84. The zero-order valence-corrected chi connectivity index (χ0v) is 9.08. The fourth-order valence-electron chi connectivity index (χ4n) is 1.90. The highest BCUT2D eigenvalue weighted by molar-refractivity contribution is 5.75. The van der Waals surface area contributed by atoms with Gasteiger partial charge in [0.25, 0.3) is 0 Å². The van der Waals surface area contributed by atoms with E-state index < -0.39 is 0 Å². The van der Waals surface area contributed by atoms with Crippen LogP contribution < -0.4 is 0 Å². The highest BCUT2D eigenvalue weighted by Crippen LogP contribution is 2.23. The summed E-state index contributed by atoms with van der Waals surface area (Å²) in [6.07, 6.45) is 2.91. The molecule has 1 aliphatic rings. The lowest BCUT2D eigenvalue weighted by Crippen LogP contribution is -2.32. The molecule has 0 aromatic rings. The number of ketones is 1. The maximum absolute atomic E-state index is 10.9. The van der Waals surface area contributed by atoms with Crippen molar-refractivity contribution >= 4 is 5.78 Å². The summed E-state index contributed by atoms with van der Waals surface area (Å²) in [4.78, 5) is 13.2. The minimum absolute atomic E-state index is 0.249. The van der Waals surface area contributed by atoms with Crippen LogP contribution in [0.1, 0.15) is 26.2 Å². The predicted octanol–water partition coefficient (Wildman–Crippen LogP) is 1.59. The third-order valence-electron chi connectivity index (χ3n) is 2.75. The summed E-state index contributed by atoms with van der Waals surface area (Å²) in [5, 5.41) is 0. The number of carbonyl (C=O) groups excluding carboxylic acids is 1. The van der Waals surface area contributed by atoms with Crippen LogP contribution in [-0.2, 0) is 9.53 Å². The van der Waals surface area contributed by atoms with E-state index in [-0.39, 0.29) is 5.78 Å². The van der Waals surface area contributed by atoms with E-state index in [1.807, 2.05) is 0 Å². The molecule has 0 aromatic heterocycles. The van der Waals surface area contributed by atoms with Crippen molar-refractivity contribution < 1.29 is 9.53 Å². The second kappa shape index (κ2) is 5.15. The Labute approximate surface area is 85.7 Å². The number of hydrogen-bond acceptors (Lipinski definition) is 3. The largest absolute Gasteiger partial charge is 0.500 e. The lowest BCUT2D eigenvalue weighted by molar-refractivity contribution is -0.117. The van der Waals surface area contributed by atoms with Crippen LogP contribution in [-0.4, -0.2) is 36.9 Å². The molecule has 0 amide bonds. The van der Waals surface area contributed by atoms with E-state index in [4.69, 9.17) is 4.74 Å². The molecule has 0 spiro atoms. The number of carbonyl (C=O) groups is 1. The molecule has 0 saturated carbocycles. The van der Waals surface area contributed by atoms with Gasteiger partial charge < -0.3 is 4.74 Å². The molecular weight excluding hydrogens is 178 g/mol. The summed E-state index contributed by atoms with van der Waals surface area (Å²) >= 11 is 0. The summed E-state index contributed by atoms with van der Waals surface area (Å²) in [6.45, 7) is 7.41. The SMILES string of the molecule is C=C(OC)[C@@H]1CCCN1CCC(C)=O. The van der Waals surface area contributed by atoms with Crippen molar-refractivity contribution in [2.45, 2.75) is 32.2 Å². The van der Waals surface area contributed by atoms with Gasteiger partial charge in [0, 0.05) is 13.0 Å². The molecular formula is C11H19NO2. The molecule has 1 atom stereocenters. The number of methoxy groups -OCH3 is 1. The molecule has 1 saturated heterocycles. The van der Waals surface area contributed by atoms with Gasteiger partial charge in [-0.25, -0.2) is 0 Å². The summed E-state index contributed by atoms with van der Waals surface area (Å²) < 4.78 is 5.15.